The lowest BCUT2D eigenvalue weighted by Crippen LogP contribution is -2.78. The Bertz CT molecular complexity index is 2340. The molecule has 0 aliphatic heterocycles. The van der Waals surface area contributed by atoms with Crippen LogP contribution in [0.1, 0.15) is 54.4 Å². The summed E-state index contributed by atoms with van der Waals surface area (Å²) in [6.07, 6.45) is -22.0. The van der Waals surface area contributed by atoms with Crippen molar-refractivity contribution < 1.29 is 229 Å². The molecule has 0 aromatic carbocycles. The van der Waals surface area contributed by atoms with Crippen LogP contribution < -0.4 is 0 Å². The quantitative estimate of drug-likeness (QED) is 0.0460. The van der Waals surface area contributed by atoms with Crippen molar-refractivity contribution >= 4 is 17.6 Å². The van der Waals surface area contributed by atoms with Gasteiger partial charge in [-0.2, -0.15) is 202 Å². The second-order valence-electron chi connectivity index (χ2n) is 17.7. The topological polar surface area (TPSA) is 55.4 Å². The van der Waals surface area contributed by atoms with Gasteiger partial charge in [-0.15, -0.1) is 0 Å². The fourth-order valence-electron chi connectivity index (χ4n) is 6.51. The largest absolute Gasteiger partial charge is 0.501 e. The maximum absolute atomic E-state index is 14.3. The third kappa shape index (κ3) is 13.9. The van der Waals surface area contributed by atoms with E-state index in [1.807, 2.05) is 0 Å². The second kappa shape index (κ2) is 27.0. The predicted octanol–water partition coefficient (Wildman–Crippen LogP) is 18.7. The van der Waals surface area contributed by atoms with Gasteiger partial charge in [0.1, 0.15) is 0 Å². The molecule has 92 heavy (non-hydrogen) atoms. The summed E-state index contributed by atoms with van der Waals surface area (Å²) in [5.41, 5.74) is 0. The van der Waals surface area contributed by atoms with Crippen LogP contribution in [-0.2, 0) is 26.6 Å². The van der Waals surface area contributed by atoms with E-state index in [0.717, 1.165) is 41.5 Å². The summed E-state index contributed by atoms with van der Waals surface area (Å²) in [6, 6.07) is -3.54. The van der Waals surface area contributed by atoms with Crippen molar-refractivity contribution in [1.29, 1.82) is 0 Å². The molecule has 0 fully saturated rings. The Morgan fingerprint density at radius 2 is 0.283 bits per heavy atom. The first-order valence-electron chi connectivity index (χ1n) is 23.3. The first-order chi connectivity index (χ1) is 39.8. The Morgan fingerprint density at radius 3 is 0.391 bits per heavy atom. The summed E-state index contributed by atoms with van der Waals surface area (Å²) in [7, 11) is -9.31. The van der Waals surface area contributed by atoms with Gasteiger partial charge < -0.3 is 26.6 Å². The van der Waals surface area contributed by atoms with Gasteiger partial charge in [-0.05, 0) is 41.5 Å². The van der Waals surface area contributed by atoms with Gasteiger partial charge in [-0.1, -0.05) is 0 Å². The number of rotatable bonds is 36. The lowest BCUT2D eigenvalue weighted by molar-refractivity contribution is -0.482. The van der Waals surface area contributed by atoms with E-state index >= 15 is 0 Å². The van der Waals surface area contributed by atoms with Gasteiger partial charge in [0.05, 0.1) is 0 Å². The van der Waals surface area contributed by atoms with Crippen molar-refractivity contribution in [2.45, 2.75) is 197 Å². The monoisotopic (exact) mass is 1520 g/mol. The van der Waals surface area contributed by atoms with Crippen LogP contribution in [0.4, 0.5) is 202 Å². The fraction of sp³-hybridized carbons (Fsp3) is 1.00. The van der Waals surface area contributed by atoms with E-state index in [1.165, 1.54) is 0 Å². The molecule has 6 nitrogen and oxygen atoms in total. The van der Waals surface area contributed by atoms with Crippen LogP contribution in [-0.4, -0.2) is 188 Å². The highest BCUT2D eigenvalue weighted by molar-refractivity contribution is 6.61. The van der Waals surface area contributed by atoms with E-state index in [-0.39, 0.29) is 0 Å². The zero-order chi connectivity index (χ0) is 75.3. The summed E-state index contributed by atoms with van der Waals surface area (Å²) in [4.78, 5) is 0. The number of hydrogen-bond donors (Lipinski definition) is 0. The van der Waals surface area contributed by atoms with E-state index in [2.05, 4.69) is 0 Å². The molecule has 0 N–H and O–H groups in total. The van der Waals surface area contributed by atoms with Crippen molar-refractivity contribution in [3.05, 3.63) is 0 Å². The maximum atomic E-state index is 14.3. The van der Waals surface area contributed by atoms with Crippen molar-refractivity contribution in [2.75, 3.05) is 39.6 Å². The molecule has 0 unspecified atom stereocenters. The molecule has 0 aromatic heterocycles. The average Bonchev–Trinajstić information content (AvgIpc) is 0.696. The van der Waals surface area contributed by atoms with Crippen LogP contribution in [0, 0.1) is 0 Å². The van der Waals surface area contributed by atoms with E-state index in [1.54, 1.807) is 0 Å². The molecular weight excluding hydrogens is 1480 g/mol. The van der Waals surface area contributed by atoms with Gasteiger partial charge in [0.15, 0.2) is 0 Å². The molecule has 0 saturated carbocycles. The minimum Gasteiger partial charge on any atom is -0.374 e. The standard InChI is InChI=1S/C20H19F25O3Si.C18H19F21O3Si/c1-4-46-49(47-5-2,48-6-3)8-7-9(21,22)10(23,24)11(25,26)12(27,28)13(29,30)14(31,32)15(33,34)16(35,36)17(37,38)18(39,40)19(41,42)20(43,44)45;1-4-40-43(41-5-2,42-6-3)8-7-9(19,20)10(21,22)11(23,24)12(25,26)13(27,28)14(29,30)15(31,32)16(33,34)17(35,36)18(37,38)39/h4-8H2,1-3H3;4-8H2,1-3H3. The average molecular weight is 1520 g/mol. The zero-order valence-corrected chi connectivity index (χ0v) is 46.9. The summed E-state index contributed by atoms with van der Waals surface area (Å²) < 4.78 is 652. The van der Waals surface area contributed by atoms with Crippen LogP contribution in [0.5, 0.6) is 0 Å². The molecule has 0 atom stereocenters. The highest BCUT2D eigenvalue weighted by Crippen LogP contribution is 2.70. The van der Waals surface area contributed by atoms with Gasteiger partial charge in [0.2, 0.25) is 0 Å². The molecule has 0 bridgehead atoms. The lowest BCUT2D eigenvalue weighted by atomic mass is 9.84. The van der Waals surface area contributed by atoms with Gasteiger partial charge in [-0.25, -0.2) is 0 Å². The normalized spacial score (nSPS) is 16.3. The van der Waals surface area contributed by atoms with Crippen LogP contribution in [0.25, 0.3) is 0 Å². The number of alkyl halides is 46. The third-order valence-electron chi connectivity index (χ3n) is 11.6. The van der Waals surface area contributed by atoms with E-state index in [4.69, 9.17) is 26.6 Å². The molecule has 0 aliphatic rings. The summed E-state index contributed by atoms with van der Waals surface area (Å²) in [5.74, 6) is -176. The van der Waals surface area contributed by atoms with Gasteiger partial charge >= 0.3 is 148 Å². The van der Waals surface area contributed by atoms with Crippen LogP contribution >= 0.6 is 0 Å². The molecule has 0 spiro atoms. The molecule has 0 saturated heterocycles. The lowest BCUT2D eigenvalue weighted by Gasteiger charge is -2.45. The summed E-state index contributed by atoms with van der Waals surface area (Å²) in [6.45, 7) is 3.19. The minimum atomic E-state index is -9.62. The number of hydrogen-bond acceptors (Lipinski definition) is 6. The minimum absolute atomic E-state index is 0.518. The Hall–Kier alpha value is -3.03. The molecule has 0 heterocycles. The molecule has 0 aromatic rings. The van der Waals surface area contributed by atoms with E-state index < -0.39 is 213 Å². The highest BCUT2D eigenvalue weighted by Gasteiger charge is 3.01. The SMILES string of the molecule is CCO[Si](CCC(F)(F)C(F)(F)C(F)(F)C(F)(F)C(F)(F)C(F)(F)C(F)(F)C(F)(F)C(F)(F)C(F)(F)C(F)(F)C(F)(F)F)(OCC)OCC.CCO[Si](CCC(F)(F)C(F)(F)C(F)(F)C(F)(F)C(F)(F)C(F)(F)C(F)(F)C(F)(F)C(F)(F)C(F)(F)F)(OCC)OCC. The Morgan fingerprint density at radius 1 is 0.174 bits per heavy atom. The van der Waals surface area contributed by atoms with Crippen molar-refractivity contribution in [3.8, 4) is 0 Å². The molecule has 556 valence electrons. The third-order valence-corrected chi connectivity index (χ3v) is 17.7. The van der Waals surface area contributed by atoms with Crippen LogP contribution in [0.15, 0.2) is 0 Å². The van der Waals surface area contributed by atoms with Crippen LogP contribution in [0.3, 0.4) is 0 Å². The van der Waals surface area contributed by atoms with Gasteiger partial charge in [0.25, 0.3) is 0 Å². The maximum Gasteiger partial charge on any atom is 0.501 e. The van der Waals surface area contributed by atoms with E-state index in [9.17, 15) is 202 Å². The first kappa shape index (κ1) is 91.0. The summed E-state index contributed by atoms with van der Waals surface area (Å²) >= 11 is 0. The smallest absolute Gasteiger partial charge is 0.374 e. The molecule has 54 heteroatoms. The zero-order valence-electron chi connectivity index (χ0n) is 44.9. The Kier molecular flexibility index (Phi) is 26.7. The van der Waals surface area contributed by atoms with Crippen molar-refractivity contribution in [2.24, 2.45) is 0 Å². The Balaban J connectivity index is 0. The predicted molar refractivity (Wildman–Crippen MR) is 211 cm³/mol. The molecule has 0 aliphatic carbocycles. The van der Waals surface area contributed by atoms with E-state index in [0.29, 0.717) is 0 Å². The molecule has 0 radical (unpaired) electrons. The van der Waals surface area contributed by atoms with Gasteiger partial charge in [0, 0.05) is 64.6 Å². The Labute approximate surface area is 483 Å². The first-order valence-corrected chi connectivity index (χ1v) is 27.2. The van der Waals surface area contributed by atoms with Crippen LogP contribution in [0.2, 0.25) is 12.1 Å². The fourth-order valence-corrected chi connectivity index (χ4v) is 11.8. The highest BCUT2D eigenvalue weighted by atomic mass is 28.4. The molecular formula is C38H38F46O6Si2. The van der Waals surface area contributed by atoms with Gasteiger partial charge in [-0.3, -0.25) is 0 Å². The second-order valence-corrected chi connectivity index (χ2v) is 23.2. The number of halogens is 46. The molecule has 0 amide bonds. The van der Waals surface area contributed by atoms with Crippen molar-refractivity contribution in [1.82, 2.24) is 0 Å². The molecule has 0 rings (SSSR count). The summed E-state index contributed by atoms with van der Waals surface area (Å²) in [5, 5.41) is 0. The van der Waals surface area contributed by atoms with Crippen molar-refractivity contribution in [3.63, 3.8) is 0 Å².